The van der Waals surface area contributed by atoms with E-state index in [-0.39, 0.29) is 10.8 Å². The van der Waals surface area contributed by atoms with Crippen molar-refractivity contribution < 1.29 is 13.2 Å². The van der Waals surface area contributed by atoms with Crippen LogP contribution >= 0.6 is 0 Å². The van der Waals surface area contributed by atoms with Gasteiger partial charge in [-0.05, 0) is 49.5 Å². The number of anilines is 1. The van der Waals surface area contributed by atoms with Crippen LogP contribution in [-0.2, 0) is 10.0 Å². The van der Waals surface area contributed by atoms with E-state index in [4.69, 9.17) is 5.26 Å². The highest BCUT2D eigenvalue weighted by molar-refractivity contribution is 7.89. The average molecular weight is 384 g/mol. The maximum absolute atomic E-state index is 12.7. The summed E-state index contributed by atoms with van der Waals surface area (Å²) >= 11 is 0. The zero-order valence-electron chi connectivity index (χ0n) is 14.9. The van der Waals surface area contributed by atoms with Gasteiger partial charge in [-0.15, -0.1) is 0 Å². The maximum Gasteiger partial charge on any atom is 0.255 e. The Morgan fingerprint density at radius 3 is 2.37 bits per heavy atom. The molecule has 27 heavy (non-hydrogen) atoms. The number of likely N-dealkylation sites (N-methyl/N-ethyl adjacent to an activating group) is 1. The number of benzene rings is 2. The van der Waals surface area contributed by atoms with E-state index in [9.17, 15) is 13.2 Å². The number of hydrogen-bond donors (Lipinski definition) is 1. The third-order valence-corrected chi connectivity index (χ3v) is 6.38. The standard InChI is InChI=1S/C19H20N4O3S/c1-22-9-11-23(12-10-22)27(25,26)18-7-5-17(6-8-18)21-19(24)16-4-2-3-15(13-16)14-20/h2-8,13H,9-12H2,1H3,(H,21,24). The highest BCUT2D eigenvalue weighted by Crippen LogP contribution is 2.20. The first-order chi connectivity index (χ1) is 12.9. The van der Waals surface area contributed by atoms with Crippen LogP contribution in [-0.4, -0.2) is 56.8 Å². The molecule has 140 valence electrons. The Kier molecular flexibility index (Phi) is 5.56. The molecule has 0 aliphatic carbocycles. The summed E-state index contributed by atoms with van der Waals surface area (Å²) in [6, 6.07) is 14.5. The predicted molar refractivity (Wildman–Crippen MR) is 102 cm³/mol. The molecule has 0 aromatic heterocycles. The molecule has 7 nitrogen and oxygen atoms in total. The van der Waals surface area contributed by atoms with Crippen molar-refractivity contribution in [2.45, 2.75) is 4.90 Å². The summed E-state index contributed by atoms with van der Waals surface area (Å²) in [6.45, 7) is 2.34. The molecule has 1 fully saturated rings. The molecular weight excluding hydrogens is 364 g/mol. The summed E-state index contributed by atoms with van der Waals surface area (Å²) in [4.78, 5) is 14.6. The molecule has 1 heterocycles. The lowest BCUT2D eigenvalue weighted by molar-refractivity contribution is 0.102. The van der Waals surface area contributed by atoms with Gasteiger partial charge in [0.1, 0.15) is 0 Å². The van der Waals surface area contributed by atoms with Gasteiger partial charge in [0.05, 0.1) is 16.5 Å². The van der Waals surface area contributed by atoms with Crippen molar-refractivity contribution in [3.63, 3.8) is 0 Å². The van der Waals surface area contributed by atoms with Gasteiger partial charge >= 0.3 is 0 Å². The van der Waals surface area contributed by atoms with Crippen LogP contribution in [0, 0.1) is 11.3 Å². The summed E-state index contributed by atoms with van der Waals surface area (Å²) in [7, 11) is -1.57. The van der Waals surface area contributed by atoms with Crippen molar-refractivity contribution in [3.8, 4) is 6.07 Å². The Morgan fingerprint density at radius 2 is 1.74 bits per heavy atom. The molecule has 0 saturated carbocycles. The number of nitrogens with one attached hydrogen (secondary N) is 1. The number of nitriles is 1. The topological polar surface area (TPSA) is 93.5 Å². The molecule has 2 aromatic carbocycles. The molecule has 0 bridgehead atoms. The van der Waals surface area contributed by atoms with E-state index in [1.165, 1.54) is 22.5 Å². The van der Waals surface area contributed by atoms with Crippen LogP contribution in [0.1, 0.15) is 15.9 Å². The smallest absolute Gasteiger partial charge is 0.255 e. The zero-order chi connectivity index (χ0) is 19.4. The molecule has 2 aromatic rings. The van der Waals surface area contributed by atoms with Crippen molar-refractivity contribution in [2.75, 3.05) is 38.5 Å². The second-order valence-electron chi connectivity index (χ2n) is 6.38. The second kappa shape index (κ2) is 7.88. The van der Waals surface area contributed by atoms with Crippen molar-refractivity contribution >= 4 is 21.6 Å². The fraction of sp³-hybridized carbons (Fsp3) is 0.263. The van der Waals surface area contributed by atoms with Crippen molar-refractivity contribution in [3.05, 3.63) is 59.7 Å². The first kappa shape index (κ1) is 19.0. The van der Waals surface area contributed by atoms with Crippen LogP contribution in [0.2, 0.25) is 0 Å². The van der Waals surface area contributed by atoms with Gasteiger partial charge in [0.25, 0.3) is 5.91 Å². The van der Waals surface area contributed by atoms with Crippen LogP contribution in [0.4, 0.5) is 5.69 Å². The first-order valence-corrected chi connectivity index (χ1v) is 9.94. The molecular formula is C19H20N4O3S. The lowest BCUT2D eigenvalue weighted by Crippen LogP contribution is -2.46. The number of nitrogens with zero attached hydrogens (tertiary/aromatic N) is 3. The molecule has 8 heteroatoms. The highest BCUT2D eigenvalue weighted by atomic mass is 32.2. The third-order valence-electron chi connectivity index (χ3n) is 4.47. The van der Waals surface area contributed by atoms with E-state index in [0.29, 0.717) is 43.0 Å². The molecule has 0 radical (unpaired) electrons. The van der Waals surface area contributed by atoms with Gasteiger partial charge in [0.2, 0.25) is 10.0 Å². The Balaban J connectivity index is 1.71. The van der Waals surface area contributed by atoms with E-state index in [2.05, 4.69) is 10.2 Å². The fourth-order valence-corrected chi connectivity index (χ4v) is 4.24. The van der Waals surface area contributed by atoms with E-state index in [1.54, 1.807) is 30.3 Å². The molecule has 1 N–H and O–H groups in total. The minimum Gasteiger partial charge on any atom is -0.322 e. The number of piperazine rings is 1. The van der Waals surface area contributed by atoms with Gasteiger partial charge in [-0.2, -0.15) is 9.57 Å². The summed E-state index contributed by atoms with van der Waals surface area (Å²) in [5, 5.41) is 11.6. The number of carbonyl (C=O) groups excluding carboxylic acids is 1. The van der Waals surface area contributed by atoms with Crippen molar-refractivity contribution in [2.24, 2.45) is 0 Å². The third kappa shape index (κ3) is 4.34. The number of sulfonamides is 1. The number of carbonyl (C=O) groups is 1. The van der Waals surface area contributed by atoms with Crippen molar-refractivity contribution in [1.29, 1.82) is 5.26 Å². The van der Waals surface area contributed by atoms with E-state index in [1.807, 2.05) is 13.1 Å². The van der Waals surface area contributed by atoms with Crippen LogP contribution in [0.3, 0.4) is 0 Å². The van der Waals surface area contributed by atoms with Crippen molar-refractivity contribution in [1.82, 2.24) is 9.21 Å². The van der Waals surface area contributed by atoms with Gasteiger partial charge < -0.3 is 10.2 Å². The normalized spacial score (nSPS) is 15.9. The fourth-order valence-electron chi connectivity index (χ4n) is 2.82. The van der Waals surface area contributed by atoms with Gasteiger partial charge in [0, 0.05) is 37.4 Å². The number of amides is 1. The molecule has 0 unspecified atom stereocenters. The van der Waals surface area contributed by atoms with Crippen LogP contribution in [0.25, 0.3) is 0 Å². The largest absolute Gasteiger partial charge is 0.322 e. The first-order valence-electron chi connectivity index (χ1n) is 8.50. The summed E-state index contributed by atoms with van der Waals surface area (Å²) in [6.07, 6.45) is 0. The Labute approximate surface area is 158 Å². The number of hydrogen-bond acceptors (Lipinski definition) is 5. The second-order valence-corrected chi connectivity index (χ2v) is 8.32. The Bertz CT molecular complexity index is 973. The Morgan fingerprint density at radius 1 is 1.07 bits per heavy atom. The zero-order valence-corrected chi connectivity index (χ0v) is 15.7. The minimum atomic E-state index is -3.53. The van der Waals surface area contributed by atoms with Crippen LogP contribution < -0.4 is 5.32 Å². The van der Waals surface area contributed by atoms with Gasteiger partial charge in [-0.1, -0.05) is 6.07 Å². The molecule has 1 aliphatic heterocycles. The molecule has 1 amide bonds. The highest BCUT2D eigenvalue weighted by Gasteiger charge is 2.27. The van der Waals surface area contributed by atoms with E-state index in [0.717, 1.165) is 0 Å². The van der Waals surface area contributed by atoms with E-state index >= 15 is 0 Å². The maximum atomic E-state index is 12.7. The van der Waals surface area contributed by atoms with Crippen LogP contribution in [0.5, 0.6) is 0 Å². The predicted octanol–water partition coefficient (Wildman–Crippen LogP) is 1.75. The quantitative estimate of drug-likeness (QED) is 0.867. The lowest BCUT2D eigenvalue weighted by Gasteiger charge is -2.31. The Hall–Kier alpha value is -2.73. The summed E-state index contributed by atoms with van der Waals surface area (Å²) in [5.41, 5.74) is 1.25. The summed E-state index contributed by atoms with van der Waals surface area (Å²) in [5.74, 6) is -0.359. The monoisotopic (exact) mass is 384 g/mol. The molecule has 1 aliphatic rings. The van der Waals surface area contributed by atoms with Gasteiger partial charge in [-0.3, -0.25) is 4.79 Å². The van der Waals surface area contributed by atoms with Crippen LogP contribution in [0.15, 0.2) is 53.4 Å². The molecule has 3 rings (SSSR count). The number of rotatable bonds is 4. The average Bonchev–Trinajstić information content (AvgIpc) is 2.69. The summed E-state index contributed by atoms with van der Waals surface area (Å²) < 4.78 is 26.9. The lowest BCUT2D eigenvalue weighted by atomic mass is 10.1. The molecule has 0 spiro atoms. The molecule has 0 atom stereocenters. The van der Waals surface area contributed by atoms with Gasteiger partial charge in [-0.25, -0.2) is 8.42 Å². The van der Waals surface area contributed by atoms with Gasteiger partial charge in [0.15, 0.2) is 0 Å². The SMILES string of the molecule is CN1CCN(S(=O)(=O)c2ccc(NC(=O)c3cccc(C#N)c3)cc2)CC1. The minimum absolute atomic E-state index is 0.205. The molecule has 1 saturated heterocycles. The van der Waals surface area contributed by atoms with E-state index < -0.39 is 10.0 Å².